The lowest BCUT2D eigenvalue weighted by molar-refractivity contribution is 0.625. The van der Waals surface area contributed by atoms with E-state index in [1.807, 2.05) is 6.07 Å². The third-order valence-electron chi connectivity index (χ3n) is 3.28. The number of nitrogens with zero attached hydrogens (tertiary/aromatic N) is 1. The Bertz CT molecular complexity index is 360. The van der Waals surface area contributed by atoms with Crippen LogP contribution in [0.1, 0.15) is 25.8 Å². The fraction of sp³-hybridized carbons (Fsp3) is 0.538. The van der Waals surface area contributed by atoms with E-state index < -0.39 is 0 Å². The van der Waals surface area contributed by atoms with Gasteiger partial charge in [0.15, 0.2) is 0 Å². The van der Waals surface area contributed by atoms with Gasteiger partial charge < -0.3 is 10.6 Å². The summed E-state index contributed by atoms with van der Waals surface area (Å²) < 4.78 is 0. The first kappa shape index (κ1) is 10.3. The first-order valence-electron chi connectivity index (χ1n) is 5.70. The van der Waals surface area contributed by atoms with Crippen molar-refractivity contribution in [2.75, 3.05) is 17.2 Å². The molecule has 82 valence electrons. The highest BCUT2D eigenvalue weighted by atomic mass is 15.2. The number of aryl methyl sites for hydroxylation is 1. The molecule has 1 aromatic carbocycles. The average molecular weight is 204 g/mol. The molecule has 0 aliphatic carbocycles. The molecule has 1 aromatic rings. The van der Waals surface area contributed by atoms with Crippen molar-refractivity contribution in [1.82, 2.24) is 0 Å². The summed E-state index contributed by atoms with van der Waals surface area (Å²) in [4.78, 5) is 2.44. The van der Waals surface area contributed by atoms with Crippen molar-refractivity contribution in [1.29, 1.82) is 0 Å². The van der Waals surface area contributed by atoms with Crippen molar-refractivity contribution in [2.24, 2.45) is 5.92 Å². The second-order valence-electron chi connectivity index (χ2n) is 4.90. The summed E-state index contributed by atoms with van der Waals surface area (Å²) in [5.74, 6) is 0.778. The molecule has 0 bridgehead atoms. The van der Waals surface area contributed by atoms with Gasteiger partial charge in [-0.3, -0.25) is 0 Å². The Morgan fingerprint density at radius 1 is 1.33 bits per heavy atom. The predicted octanol–water partition coefficient (Wildman–Crippen LogP) is 2.81. The van der Waals surface area contributed by atoms with Crippen molar-refractivity contribution in [3.63, 3.8) is 0 Å². The van der Waals surface area contributed by atoms with Crippen LogP contribution in [-0.4, -0.2) is 12.6 Å². The molecule has 1 fully saturated rings. The molecule has 2 unspecified atom stereocenters. The molecule has 2 N–H and O–H groups in total. The van der Waals surface area contributed by atoms with Crippen LogP contribution in [0.15, 0.2) is 18.2 Å². The molecule has 15 heavy (non-hydrogen) atoms. The maximum absolute atomic E-state index is 6.04. The van der Waals surface area contributed by atoms with Crippen LogP contribution in [0, 0.1) is 12.8 Å². The Labute approximate surface area is 92.1 Å². The van der Waals surface area contributed by atoms with Crippen molar-refractivity contribution in [2.45, 2.75) is 33.2 Å². The van der Waals surface area contributed by atoms with Gasteiger partial charge in [0.05, 0.1) is 11.4 Å². The third-order valence-corrected chi connectivity index (χ3v) is 3.28. The molecule has 0 spiro atoms. The lowest BCUT2D eigenvalue weighted by atomic mass is 10.1. The van der Waals surface area contributed by atoms with E-state index in [0.717, 1.165) is 18.2 Å². The van der Waals surface area contributed by atoms with E-state index in [-0.39, 0.29) is 0 Å². The van der Waals surface area contributed by atoms with Gasteiger partial charge in [0, 0.05) is 12.6 Å². The first-order chi connectivity index (χ1) is 7.08. The van der Waals surface area contributed by atoms with Gasteiger partial charge >= 0.3 is 0 Å². The standard InChI is InChI=1S/C13H20N2/c1-9-4-5-12(14)13(7-9)15-8-10(2)6-11(15)3/h4-5,7,10-11H,6,8,14H2,1-3H3. The fourth-order valence-corrected chi connectivity index (χ4v) is 2.54. The summed E-state index contributed by atoms with van der Waals surface area (Å²) in [6.45, 7) is 7.84. The molecule has 1 saturated heterocycles. The summed E-state index contributed by atoms with van der Waals surface area (Å²) >= 11 is 0. The number of rotatable bonds is 1. The number of anilines is 2. The molecule has 2 rings (SSSR count). The first-order valence-corrected chi connectivity index (χ1v) is 5.70. The molecule has 0 saturated carbocycles. The molecule has 0 radical (unpaired) electrons. The Morgan fingerprint density at radius 2 is 2.07 bits per heavy atom. The molecule has 1 aliphatic heterocycles. The van der Waals surface area contributed by atoms with E-state index in [1.54, 1.807) is 0 Å². The number of benzene rings is 1. The van der Waals surface area contributed by atoms with Crippen LogP contribution >= 0.6 is 0 Å². The van der Waals surface area contributed by atoms with E-state index in [1.165, 1.54) is 17.7 Å². The van der Waals surface area contributed by atoms with E-state index in [0.29, 0.717) is 6.04 Å². The SMILES string of the molecule is Cc1ccc(N)c(N2CC(C)CC2C)c1. The van der Waals surface area contributed by atoms with Crippen LogP contribution in [0.3, 0.4) is 0 Å². The lowest BCUT2D eigenvalue weighted by Gasteiger charge is -2.25. The fourth-order valence-electron chi connectivity index (χ4n) is 2.54. The number of nitrogen functional groups attached to an aromatic ring is 1. The molecule has 0 aromatic heterocycles. The molecular formula is C13H20N2. The minimum atomic E-state index is 0.615. The third kappa shape index (κ3) is 1.94. The van der Waals surface area contributed by atoms with E-state index in [9.17, 15) is 0 Å². The zero-order valence-electron chi connectivity index (χ0n) is 9.83. The lowest BCUT2D eigenvalue weighted by Crippen LogP contribution is -2.27. The minimum Gasteiger partial charge on any atom is -0.397 e. The van der Waals surface area contributed by atoms with Gasteiger partial charge in [0.25, 0.3) is 0 Å². The highest BCUT2D eigenvalue weighted by Crippen LogP contribution is 2.33. The second-order valence-corrected chi connectivity index (χ2v) is 4.90. The molecule has 2 atom stereocenters. The van der Waals surface area contributed by atoms with E-state index >= 15 is 0 Å². The van der Waals surface area contributed by atoms with Crippen LogP contribution in [0.2, 0.25) is 0 Å². The van der Waals surface area contributed by atoms with Crippen LogP contribution in [0.25, 0.3) is 0 Å². The van der Waals surface area contributed by atoms with Crippen LogP contribution < -0.4 is 10.6 Å². The normalized spacial score (nSPS) is 25.9. The van der Waals surface area contributed by atoms with E-state index in [2.05, 4.69) is 37.8 Å². The highest BCUT2D eigenvalue weighted by Gasteiger charge is 2.27. The molecule has 1 aliphatic rings. The summed E-state index contributed by atoms with van der Waals surface area (Å²) in [5, 5.41) is 0. The predicted molar refractivity (Wildman–Crippen MR) is 66.2 cm³/mol. The maximum Gasteiger partial charge on any atom is 0.0605 e. The Balaban J connectivity index is 2.32. The summed E-state index contributed by atoms with van der Waals surface area (Å²) in [6.07, 6.45) is 1.27. The monoisotopic (exact) mass is 204 g/mol. The smallest absolute Gasteiger partial charge is 0.0605 e. The summed E-state index contributed by atoms with van der Waals surface area (Å²) in [5.41, 5.74) is 9.44. The minimum absolute atomic E-state index is 0.615. The number of hydrogen-bond donors (Lipinski definition) is 1. The van der Waals surface area contributed by atoms with Crippen LogP contribution in [0.4, 0.5) is 11.4 Å². The van der Waals surface area contributed by atoms with Gasteiger partial charge in [0.2, 0.25) is 0 Å². The second kappa shape index (κ2) is 3.76. The highest BCUT2D eigenvalue weighted by molar-refractivity contribution is 5.69. The zero-order chi connectivity index (χ0) is 11.0. The van der Waals surface area contributed by atoms with E-state index in [4.69, 9.17) is 5.73 Å². The molecule has 2 heteroatoms. The van der Waals surface area contributed by atoms with Crippen LogP contribution in [0.5, 0.6) is 0 Å². The molecular weight excluding hydrogens is 184 g/mol. The number of nitrogens with two attached hydrogens (primary N) is 1. The average Bonchev–Trinajstić information content (AvgIpc) is 2.50. The Morgan fingerprint density at radius 3 is 2.67 bits per heavy atom. The van der Waals surface area contributed by atoms with Gasteiger partial charge in [-0.25, -0.2) is 0 Å². The summed E-state index contributed by atoms with van der Waals surface area (Å²) in [7, 11) is 0. The van der Waals surface area contributed by atoms with Gasteiger partial charge in [-0.2, -0.15) is 0 Å². The van der Waals surface area contributed by atoms with Gasteiger partial charge in [-0.15, -0.1) is 0 Å². The quantitative estimate of drug-likeness (QED) is 0.713. The summed E-state index contributed by atoms with van der Waals surface area (Å²) in [6, 6.07) is 6.90. The van der Waals surface area contributed by atoms with Crippen molar-refractivity contribution in [3.8, 4) is 0 Å². The van der Waals surface area contributed by atoms with Crippen molar-refractivity contribution < 1.29 is 0 Å². The van der Waals surface area contributed by atoms with Crippen molar-refractivity contribution in [3.05, 3.63) is 23.8 Å². The molecule has 0 amide bonds. The Hall–Kier alpha value is -1.18. The van der Waals surface area contributed by atoms with Gasteiger partial charge in [-0.05, 0) is 43.9 Å². The zero-order valence-corrected chi connectivity index (χ0v) is 9.83. The Kier molecular flexibility index (Phi) is 2.59. The topological polar surface area (TPSA) is 29.3 Å². The molecule has 2 nitrogen and oxygen atoms in total. The van der Waals surface area contributed by atoms with Gasteiger partial charge in [-0.1, -0.05) is 13.0 Å². The maximum atomic E-state index is 6.04. The number of hydrogen-bond acceptors (Lipinski definition) is 2. The largest absolute Gasteiger partial charge is 0.397 e. The van der Waals surface area contributed by atoms with Crippen molar-refractivity contribution >= 4 is 11.4 Å². The van der Waals surface area contributed by atoms with Gasteiger partial charge in [0.1, 0.15) is 0 Å². The molecule has 1 heterocycles. The van der Waals surface area contributed by atoms with Crippen LogP contribution in [-0.2, 0) is 0 Å².